The lowest BCUT2D eigenvalue weighted by Crippen LogP contribution is -2.36. The maximum Gasteiger partial charge on any atom is 0.109 e. The first kappa shape index (κ1) is 12.6. The predicted octanol–water partition coefficient (Wildman–Crippen LogP) is 2.67. The summed E-state index contributed by atoms with van der Waals surface area (Å²) in [5.41, 5.74) is 7.67. The van der Waals surface area contributed by atoms with Gasteiger partial charge in [-0.2, -0.15) is 0 Å². The summed E-state index contributed by atoms with van der Waals surface area (Å²) in [6.45, 7) is 0. The fourth-order valence-corrected chi connectivity index (χ4v) is 2.47. The summed E-state index contributed by atoms with van der Waals surface area (Å²) in [4.78, 5) is 1.58. The molecule has 0 amide bonds. The lowest BCUT2D eigenvalue weighted by molar-refractivity contribution is 0.291. The average molecular weight is 244 g/mol. The molecule has 0 radical (unpaired) electrons. The third-order valence-electron chi connectivity index (χ3n) is 3.76. The van der Waals surface area contributed by atoms with E-state index < -0.39 is 0 Å². The fourth-order valence-electron chi connectivity index (χ4n) is 2.47. The van der Waals surface area contributed by atoms with Gasteiger partial charge in [-0.25, -0.2) is 0 Å². The molecule has 1 aliphatic carbocycles. The Kier molecular flexibility index (Phi) is 3.65. The van der Waals surface area contributed by atoms with Crippen LogP contribution in [0.25, 0.3) is 0 Å². The van der Waals surface area contributed by atoms with Crippen molar-refractivity contribution in [3.63, 3.8) is 0 Å². The average Bonchev–Trinajstić information content (AvgIpc) is 2.31. The Morgan fingerprint density at radius 2 is 2.22 bits per heavy atom. The number of nitrogens with one attached hydrogen (secondary N) is 2. The lowest BCUT2D eigenvalue weighted by Gasteiger charge is -2.36. The van der Waals surface area contributed by atoms with Crippen LogP contribution in [0.1, 0.15) is 30.7 Å². The Hall–Kier alpha value is -1.84. The number of amidine groups is 1. The highest BCUT2D eigenvalue weighted by atomic mass is 15.1. The zero-order valence-corrected chi connectivity index (χ0v) is 10.7. The number of anilines is 1. The zero-order chi connectivity index (χ0) is 13.1. The van der Waals surface area contributed by atoms with Crippen LogP contribution in [-0.2, 0) is 0 Å². The topological polar surface area (TPSA) is 77.0 Å². The van der Waals surface area contributed by atoms with Gasteiger partial charge in [0.1, 0.15) is 5.84 Å². The van der Waals surface area contributed by atoms with E-state index in [0.29, 0.717) is 11.8 Å². The molecule has 4 heteroatoms. The SMILES string of the molecule is CN(C=N)C(=N)[C@@H](c1cccc(N)c1)C1CCC1. The maximum atomic E-state index is 8.26. The summed E-state index contributed by atoms with van der Waals surface area (Å²) in [5, 5.41) is 15.5. The van der Waals surface area contributed by atoms with E-state index in [1.165, 1.54) is 12.8 Å². The van der Waals surface area contributed by atoms with Crippen molar-refractivity contribution in [1.82, 2.24) is 4.90 Å². The molecule has 0 aliphatic heterocycles. The Labute approximate surface area is 108 Å². The second kappa shape index (κ2) is 5.21. The van der Waals surface area contributed by atoms with Gasteiger partial charge in [-0.1, -0.05) is 18.6 Å². The molecule has 0 heterocycles. The maximum absolute atomic E-state index is 8.26. The standard InChI is InChI=1S/C14H20N4/c1-18(9-15)14(17)13(10-4-2-5-10)11-6-3-7-12(16)8-11/h3,6-10,13,15,17H,2,4-5,16H2,1H3/t13-/m1/s1. The first-order chi connectivity index (χ1) is 8.63. The molecule has 96 valence electrons. The number of hydrogen-bond donors (Lipinski definition) is 3. The van der Waals surface area contributed by atoms with Crippen LogP contribution in [0.4, 0.5) is 5.69 Å². The van der Waals surface area contributed by atoms with E-state index in [-0.39, 0.29) is 5.92 Å². The monoisotopic (exact) mass is 244 g/mol. The molecule has 0 bridgehead atoms. The van der Waals surface area contributed by atoms with E-state index >= 15 is 0 Å². The number of nitrogens with zero attached hydrogens (tertiary/aromatic N) is 1. The number of rotatable bonds is 4. The summed E-state index contributed by atoms with van der Waals surface area (Å²) < 4.78 is 0. The van der Waals surface area contributed by atoms with Crippen LogP contribution in [0.5, 0.6) is 0 Å². The van der Waals surface area contributed by atoms with E-state index in [0.717, 1.165) is 24.1 Å². The van der Waals surface area contributed by atoms with Crippen LogP contribution in [0.2, 0.25) is 0 Å². The highest BCUT2D eigenvalue weighted by Crippen LogP contribution is 2.40. The van der Waals surface area contributed by atoms with Crippen LogP contribution in [0.15, 0.2) is 24.3 Å². The van der Waals surface area contributed by atoms with Gasteiger partial charge in [0, 0.05) is 18.7 Å². The molecule has 2 rings (SSSR count). The summed E-state index contributed by atoms with van der Waals surface area (Å²) in [7, 11) is 1.76. The van der Waals surface area contributed by atoms with E-state index in [1.54, 1.807) is 11.9 Å². The van der Waals surface area contributed by atoms with Crippen molar-refractivity contribution >= 4 is 17.9 Å². The number of nitrogen functional groups attached to an aromatic ring is 1. The number of nitrogens with two attached hydrogens (primary N) is 1. The minimum absolute atomic E-state index is 0.0637. The van der Waals surface area contributed by atoms with Crippen molar-refractivity contribution in [2.24, 2.45) is 5.92 Å². The smallest absolute Gasteiger partial charge is 0.109 e. The van der Waals surface area contributed by atoms with Gasteiger partial charge in [0.2, 0.25) is 0 Å². The Bertz CT molecular complexity index is 451. The van der Waals surface area contributed by atoms with Gasteiger partial charge in [-0.15, -0.1) is 0 Å². The molecular formula is C14H20N4. The van der Waals surface area contributed by atoms with Gasteiger partial charge < -0.3 is 10.6 Å². The molecule has 4 N–H and O–H groups in total. The number of benzene rings is 1. The molecule has 1 saturated carbocycles. The van der Waals surface area contributed by atoms with Gasteiger partial charge >= 0.3 is 0 Å². The number of hydrogen-bond acceptors (Lipinski definition) is 3. The van der Waals surface area contributed by atoms with Crippen molar-refractivity contribution in [3.05, 3.63) is 29.8 Å². The van der Waals surface area contributed by atoms with Crippen molar-refractivity contribution < 1.29 is 0 Å². The Morgan fingerprint density at radius 3 is 2.72 bits per heavy atom. The lowest BCUT2D eigenvalue weighted by atomic mass is 9.72. The largest absolute Gasteiger partial charge is 0.399 e. The molecule has 1 aromatic carbocycles. The Morgan fingerprint density at radius 1 is 1.50 bits per heavy atom. The van der Waals surface area contributed by atoms with Crippen molar-refractivity contribution in [1.29, 1.82) is 10.8 Å². The van der Waals surface area contributed by atoms with E-state index in [4.69, 9.17) is 16.6 Å². The minimum Gasteiger partial charge on any atom is -0.399 e. The molecule has 1 aliphatic rings. The fraction of sp³-hybridized carbons (Fsp3) is 0.429. The van der Waals surface area contributed by atoms with Gasteiger partial charge in [-0.05, 0) is 36.5 Å². The molecule has 4 nitrogen and oxygen atoms in total. The van der Waals surface area contributed by atoms with Crippen LogP contribution in [0, 0.1) is 16.7 Å². The zero-order valence-electron chi connectivity index (χ0n) is 10.7. The normalized spacial score (nSPS) is 16.7. The van der Waals surface area contributed by atoms with Crippen LogP contribution in [-0.4, -0.2) is 24.1 Å². The van der Waals surface area contributed by atoms with Crippen LogP contribution >= 0.6 is 0 Å². The minimum atomic E-state index is 0.0637. The van der Waals surface area contributed by atoms with Gasteiger partial charge in [0.15, 0.2) is 0 Å². The molecule has 0 unspecified atom stereocenters. The second-order valence-electron chi connectivity index (χ2n) is 4.96. The number of likely N-dealkylation sites (N-methyl/N-ethyl adjacent to an activating group) is 1. The van der Waals surface area contributed by atoms with E-state index in [9.17, 15) is 0 Å². The highest BCUT2D eigenvalue weighted by Gasteiger charge is 2.32. The summed E-state index contributed by atoms with van der Waals surface area (Å²) in [6.07, 6.45) is 4.76. The molecule has 1 aromatic rings. The summed E-state index contributed by atoms with van der Waals surface area (Å²) in [5.74, 6) is 1.07. The van der Waals surface area contributed by atoms with E-state index in [2.05, 4.69) is 0 Å². The Balaban J connectivity index is 2.30. The van der Waals surface area contributed by atoms with Gasteiger partial charge in [-0.3, -0.25) is 10.8 Å². The van der Waals surface area contributed by atoms with Crippen molar-refractivity contribution in [3.8, 4) is 0 Å². The third kappa shape index (κ3) is 2.37. The summed E-state index contributed by atoms with van der Waals surface area (Å²) >= 11 is 0. The molecule has 0 aromatic heterocycles. The molecular weight excluding hydrogens is 224 g/mol. The first-order valence-electron chi connectivity index (χ1n) is 6.30. The third-order valence-corrected chi connectivity index (χ3v) is 3.76. The van der Waals surface area contributed by atoms with Crippen molar-refractivity contribution in [2.75, 3.05) is 12.8 Å². The molecule has 0 saturated heterocycles. The van der Waals surface area contributed by atoms with Crippen LogP contribution < -0.4 is 5.73 Å². The van der Waals surface area contributed by atoms with Gasteiger partial charge in [0.05, 0.1) is 6.34 Å². The van der Waals surface area contributed by atoms with Gasteiger partial charge in [0.25, 0.3) is 0 Å². The quantitative estimate of drug-likeness (QED) is 0.432. The molecule has 18 heavy (non-hydrogen) atoms. The molecule has 1 fully saturated rings. The molecule has 1 atom stereocenters. The second-order valence-corrected chi connectivity index (χ2v) is 4.96. The molecule has 0 spiro atoms. The van der Waals surface area contributed by atoms with Crippen LogP contribution in [0.3, 0.4) is 0 Å². The highest BCUT2D eigenvalue weighted by molar-refractivity contribution is 5.94. The summed E-state index contributed by atoms with van der Waals surface area (Å²) in [6, 6.07) is 7.79. The first-order valence-corrected chi connectivity index (χ1v) is 6.30. The predicted molar refractivity (Wildman–Crippen MR) is 75.2 cm³/mol. The van der Waals surface area contributed by atoms with E-state index in [1.807, 2.05) is 24.3 Å². The van der Waals surface area contributed by atoms with Crippen molar-refractivity contribution in [2.45, 2.75) is 25.2 Å².